The van der Waals surface area contributed by atoms with Crippen LogP contribution in [0.25, 0.3) is 11.0 Å². The number of anilines is 3. The van der Waals surface area contributed by atoms with Crippen molar-refractivity contribution in [2.24, 2.45) is 0 Å². The molecular formula is C19H23N7O2. The summed E-state index contributed by atoms with van der Waals surface area (Å²) in [4.78, 5) is 29.5. The van der Waals surface area contributed by atoms with E-state index in [0.29, 0.717) is 16.9 Å². The van der Waals surface area contributed by atoms with E-state index >= 15 is 0 Å². The van der Waals surface area contributed by atoms with E-state index in [2.05, 4.69) is 35.9 Å². The Bertz CT molecular complexity index is 991. The molecule has 0 aliphatic rings. The van der Waals surface area contributed by atoms with Gasteiger partial charge in [0.2, 0.25) is 11.9 Å². The van der Waals surface area contributed by atoms with Crippen molar-refractivity contribution in [1.82, 2.24) is 25.3 Å². The minimum Gasteiger partial charge on any atom is -0.395 e. The second-order valence-electron chi connectivity index (χ2n) is 6.87. The fraction of sp³-hybridized carbons (Fsp3) is 0.316. The van der Waals surface area contributed by atoms with Gasteiger partial charge in [-0.3, -0.25) is 4.79 Å². The van der Waals surface area contributed by atoms with E-state index in [4.69, 9.17) is 5.11 Å². The predicted octanol–water partition coefficient (Wildman–Crippen LogP) is 1.77. The van der Waals surface area contributed by atoms with Crippen molar-refractivity contribution in [3.05, 3.63) is 42.4 Å². The van der Waals surface area contributed by atoms with Gasteiger partial charge in [0.1, 0.15) is 22.9 Å². The first-order valence-electron chi connectivity index (χ1n) is 8.88. The molecule has 28 heavy (non-hydrogen) atoms. The first-order valence-corrected chi connectivity index (χ1v) is 8.88. The lowest BCUT2D eigenvalue weighted by Gasteiger charge is -2.25. The zero-order chi connectivity index (χ0) is 20.1. The van der Waals surface area contributed by atoms with E-state index in [-0.39, 0.29) is 25.0 Å². The number of rotatable bonds is 7. The number of aromatic nitrogens is 4. The van der Waals surface area contributed by atoms with Crippen LogP contribution in [0.15, 0.2) is 36.8 Å². The van der Waals surface area contributed by atoms with Gasteiger partial charge in [0.15, 0.2) is 5.82 Å². The van der Waals surface area contributed by atoms with E-state index in [1.54, 1.807) is 20.0 Å². The Morgan fingerprint density at radius 2 is 2.04 bits per heavy atom. The molecule has 0 fully saturated rings. The molecule has 0 aliphatic carbocycles. The molecule has 0 atom stereocenters. The third-order valence-electron chi connectivity index (χ3n) is 4.05. The first-order chi connectivity index (χ1) is 13.4. The van der Waals surface area contributed by atoms with Gasteiger partial charge >= 0.3 is 0 Å². The van der Waals surface area contributed by atoms with Crippen molar-refractivity contribution in [2.75, 3.05) is 23.8 Å². The molecule has 1 aromatic carbocycles. The standard InChI is InChI=1S/C19H23N7O2/c1-12-5-4-6-13(9-12)24-16-15-14(22-11-23-16)10-21-18(25-15)26-19(2,3)17(28)20-7-8-27/h4-6,9-11,27H,7-8H2,1-3H3,(H,20,28)(H,21,25,26)(H,22,23,24). The summed E-state index contributed by atoms with van der Waals surface area (Å²) < 4.78 is 0. The Balaban J connectivity index is 1.89. The molecule has 3 aromatic rings. The number of fused-ring (bicyclic) bond motifs is 1. The number of nitrogens with one attached hydrogen (secondary N) is 3. The predicted molar refractivity (Wildman–Crippen MR) is 107 cm³/mol. The van der Waals surface area contributed by atoms with Gasteiger partial charge in [0, 0.05) is 12.2 Å². The van der Waals surface area contributed by atoms with Gasteiger partial charge in [0.25, 0.3) is 0 Å². The minimum absolute atomic E-state index is 0.125. The Morgan fingerprint density at radius 1 is 1.21 bits per heavy atom. The molecule has 3 rings (SSSR count). The van der Waals surface area contributed by atoms with Crippen LogP contribution >= 0.6 is 0 Å². The van der Waals surface area contributed by atoms with Crippen molar-refractivity contribution in [3.63, 3.8) is 0 Å². The summed E-state index contributed by atoms with van der Waals surface area (Å²) in [6, 6.07) is 7.91. The van der Waals surface area contributed by atoms with Gasteiger partial charge in [-0.15, -0.1) is 0 Å². The summed E-state index contributed by atoms with van der Waals surface area (Å²) in [6.45, 7) is 5.49. The lowest BCUT2D eigenvalue weighted by molar-refractivity contribution is -0.124. The number of hydrogen-bond donors (Lipinski definition) is 4. The number of aryl methyl sites for hydroxylation is 1. The maximum Gasteiger partial charge on any atom is 0.245 e. The average molecular weight is 381 g/mol. The summed E-state index contributed by atoms with van der Waals surface area (Å²) in [5.41, 5.74) is 2.15. The molecule has 0 spiro atoms. The molecule has 0 saturated carbocycles. The SMILES string of the molecule is Cc1cccc(Nc2ncnc3cnc(NC(C)(C)C(=O)NCCO)nc23)c1. The second kappa shape index (κ2) is 8.13. The van der Waals surface area contributed by atoms with Crippen LogP contribution in [-0.4, -0.2) is 49.6 Å². The van der Waals surface area contributed by atoms with Gasteiger partial charge in [-0.05, 0) is 38.5 Å². The molecule has 0 unspecified atom stereocenters. The number of nitrogens with zero attached hydrogens (tertiary/aromatic N) is 4. The molecule has 4 N–H and O–H groups in total. The van der Waals surface area contributed by atoms with Crippen molar-refractivity contribution < 1.29 is 9.90 Å². The normalized spacial score (nSPS) is 11.3. The largest absolute Gasteiger partial charge is 0.395 e. The number of aliphatic hydroxyl groups excluding tert-OH is 1. The van der Waals surface area contributed by atoms with E-state index in [1.165, 1.54) is 6.33 Å². The summed E-state index contributed by atoms with van der Waals surface area (Å²) in [5, 5.41) is 17.8. The third kappa shape index (κ3) is 4.49. The third-order valence-corrected chi connectivity index (χ3v) is 4.05. The van der Waals surface area contributed by atoms with Crippen LogP contribution in [0, 0.1) is 6.92 Å². The average Bonchev–Trinajstić information content (AvgIpc) is 2.66. The van der Waals surface area contributed by atoms with Crippen molar-refractivity contribution in [3.8, 4) is 0 Å². The molecule has 0 aliphatic heterocycles. The zero-order valence-electron chi connectivity index (χ0n) is 16.0. The van der Waals surface area contributed by atoms with Crippen LogP contribution < -0.4 is 16.0 Å². The van der Waals surface area contributed by atoms with Gasteiger partial charge in [-0.2, -0.15) is 0 Å². The smallest absolute Gasteiger partial charge is 0.245 e. The van der Waals surface area contributed by atoms with Gasteiger partial charge < -0.3 is 21.1 Å². The van der Waals surface area contributed by atoms with Crippen LogP contribution in [0.2, 0.25) is 0 Å². The highest BCUT2D eigenvalue weighted by molar-refractivity contribution is 5.89. The second-order valence-corrected chi connectivity index (χ2v) is 6.87. The highest BCUT2D eigenvalue weighted by Gasteiger charge is 2.28. The van der Waals surface area contributed by atoms with Gasteiger partial charge in [-0.25, -0.2) is 19.9 Å². The first kappa shape index (κ1) is 19.4. The molecule has 2 aromatic heterocycles. The number of hydrogen-bond acceptors (Lipinski definition) is 8. The molecular weight excluding hydrogens is 358 g/mol. The van der Waals surface area contributed by atoms with E-state index < -0.39 is 5.54 Å². The number of aliphatic hydroxyl groups is 1. The number of carbonyl (C=O) groups is 1. The molecule has 9 heteroatoms. The topological polar surface area (TPSA) is 125 Å². The summed E-state index contributed by atoms with van der Waals surface area (Å²) in [7, 11) is 0. The van der Waals surface area contributed by atoms with Crippen molar-refractivity contribution in [2.45, 2.75) is 26.3 Å². The fourth-order valence-corrected chi connectivity index (χ4v) is 2.59. The zero-order valence-corrected chi connectivity index (χ0v) is 16.0. The number of amides is 1. The van der Waals surface area contributed by atoms with E-state index in [9.17, 15) is 4.79 Å². The molecule has 9 nitrogen and oxygen atoms in total. The lowest BCUT2D eigenvalue weighted by Crippen LogP contribution is -2.48. The van der Waals surface area contributed by atoms with Crippen LogP contribution in [-0.2, 0) is 4.79 Å². The molecule has 0 saturated heterocycles. The lowest BCUT2D eigenvalue weighted by atomic mass is 10.1. The Kier molecular flexibility index (Phi) is 5.65. The Labute approximate surface area is 162 Å². The van der Waals surface area contributed by atoms with Crippen LogP contribution in [0.4, 0.5) is 17.5 Å². The molecule has 1 amide bonds. The quantitative estimate of drug-likeness (QED) is 0.488. The summed E-state index contributed by atoms with van der Waals surface area (Å²) >= 11 is 0. The van der Waals surface area contributed by atoms with Crippen LogP contribution in [0.3, 0.4) is 0 Å². The van der Waals surface area contributed by atoms with Crippen molar-refractivity contribution in [1.29, 1.82) is 0 Å². The van der Waals surface area contributed by atoms with Crippen LogP contribution in [0.5, 0.6) is 0 Å². The molecule has 0 bridgehead atoms. The number of benzene rings is 1. The van der Waals surface area contributed by atoms with E-state index in [0.717, 1.165) is 11.3 Å². The van der Waals surface area contributed by atoms with E-state index in [1.807, 2.05) is 31.2 Å². The minimum atomic E-state index is -0.970. The molecule has 146 valence electrons. The summed E-state index contributed by atoms with van der Waals surface area (Å²) in [5.74, 6) is 0.551. The maximum absolute atomic E-state index is 12.3. The monoisotopic (exact) mass is 381 g/mol. The maximum atomic E-state index is 12.3. The Morgan fingerprint density at radius 3 is 2.79 bits per heavy atom. The highest BCUT2D eigenvalue weighted by Crippen LogP contribution is 2.23. The number of carbonyl (C=O) groups excluding carboxylic acids is 1. The highest BCUT2D eigenvalue weighted by atomic mass is 16.3. The Hall–Kier alpha value is -3.33. The molecule has 2 heterocycles. The van der Waals surface area contributed by atoms with Crippen LogP contribution in [0.1, 0.15) is 19.4 Å². The summed E-state index contributed by atoms with van der Waals surface area (Å²) in [6.07, 6.45) is 3.03. The fourth-order valence-electron chi connectivity index (χ4n) is 2.59. The van der Waals surface area contributed by atoms with Gasteiger partial charge in [0.05, 0.1) is 12.8 Å². The molecule has 0 radical (unpaired) electrons. The van der Waals surface area contributed by atoms with Gasteiger partial charge in [-0.1, -0.05) is 12.1 Å². The van der Waals surface area contributed by atoms with Crippen molar-refractivity contribution >= 4 is 34.4 Å².